The van der Waals surface area contributed by atoms with Crippen LogP contribution in [0.15, 0.2) is 0 Å². The Bertz CT molecular complexity index is 329. The van der Waals surface area contributed by atoms with Crippen LogP contribution in [0.3, 0.4) is 0 Å². The molecule has 3 atom stereocenters. The molecular formula is C13H22N2O2. The van der Waals surface area contributed by atoms with E-state index in [1.807, 2.05) is 6.92 Å². The fraction of sp³-hybridized carbons (Fsp3) is 0.923. The molecule has 3 unspecified atom stereocenters. The average molecular weight is 238 g/mol. The molecule has 2 saturated carbocycles. The van der Waals surface area contributed by atoms with Crippen molar-refractivity contribution in [3.63, 3.8) is 0 Å². The van der Waals surface area contributed by atoms with Gasteiger partial charge in [-0.15, -0.1) is 0 Å². The Labute approximate surface area is 102 Å². The second-order valence-electron chi connectivity index (χ2n) is 6.32. The molecule has 0 amide bonds. The lowest BCUT2D eigenvalue weighted by Crippen LogP contribution is -2.58. The number of hydrogen-bond donors (Lipinski definition) is 2. The summed E-state index contributed by atoms with van der Waals surface area (Å²) in [6.45, 7) is 3.62. The van der Waals surface area contributed by atoms with Gasteiger partial charge in [-0.3, -0.25) is 15.0 Å². The first kappa shape index (κ1) is 11.5. The minimum atomic E-state index is -0.758. The Balaban J connectivity index is 1.65. The topological polar surface area (TPSA) is 52.6 Å². The van der Waals surface area contributed by atoms with Gasteiger partial charge < -0.3 is 5.11 Å². The van der Waals surface area contributed by atoms with Crippen molar-refractivity contribution in [1.29, 1.82) is 0 Å². The first-order chi connectivity index (χ1) is 8.07. The Morgan fingerprint density at radius 2 is 2.18 bits per heavy atom. The molecule has 2 bridgehead atoms. The van der Waals surface area contributed by atoms with Crippen molar-refractivity contribution >= 4 is 5.97 Å². The van der Waals surface area contributed by atoms with Gasteiger partial charge in [-0.25, -0.2) is 0 Å². The fourth-order valence-electron chi connectivity index (χ4n) is 3.48. The van der Waals surface area contributed by atoms with Crippen LogP contribution in [0.2, 0.25) is 0 Å². The second-order valence-corrected chi connectivity index (χ2v) is 6.32. The van der Waals surface area contributed by atoms with E-state index in [9.17, 15) is 9.90 Å². The Morgan fingerprint density at radius 1 is 1.41 bits per heavy atom. The number of aliphatic carboxylic acids is 1. The third-order valence-corrected chi connectivity index (χ3v) is 4.61. The maximum absolute atomic E-state index is 11.5. The molecule has 0 spiro atoms. The van der Waals surface area contributed by atoms with E-state index >= 15 is 0 Å². The summed E-state index contributed by atoms with van der Waals surface area (Å²) in [6, 6.07) is 1.09. The van der Waals surface area contributed by atoms with Gasteiger partial charge in [-0.1, -0.05) is 0 Å². The highest BCUT2D eigenvalue weighted by Crippen LogP contribution is 2.38. The molecular weight excluding hydrogens is 216 g/mol. The molecule has 4 nitrogen and oxygen atoms in total. The van der Waals surface area contributed by atoms with Crippen molar-refractivity contribution in [3.8, 4) is 0 Å². The van der Waals surface area contributed by atoms with Crippen molar-refractivity contribution in [2.45, 2.75) is 56.7 Å². The number of carbonyl (C=O) groups is 1. The molecule has 1 aliphatic heterocycles. The van der Waals surface area contributed by atoms with Gasteiger partial charge in [0.15, 0.2) is 0 Å². The molecule has 3 fully saturated rings. The number of piperidine rings is 1. The molecule has 17 heavy (non-hydrogen) atoms. The molecule has 2 N–H and O–H groups in total. The average Bonchev–Trinajstić information content (AvgIpc) is 2.84. The summed E-state index contributed by atoms with van der Waals surface area (Å²) < 4.78 is 0. The summed E-state index contributed by atoms with van der Waals surface area (Å²) in [7, 11) is 0. The minimum Gasteiger partial charge on any atom is -0.480 e. The highest BCUT2D eigenvalue weighted by atomic mass is 16.4. The van der Waals surface area contributed by atoms with Crippen molar-refractivity contribution in [2.24, 2.45) is 5.92 Å². The van der Waals surface area contributed by atoms with Crippen molar-refractivity contribution in [3.05, 3.63) is 0 Å². The van der Waals surface area contributed by atoms with Crippen LogP contribution in [-0.2, 0) is 4.79 Å². The van der Waals surface area contributed by atoms with E-state index < -0.39 is 11.5 Å². The third-order valence-electron chi connectivity index (χ3n) is 4.61. The van der Waals surface area contributed by atoms with Crippen molar-refractivity contribution in [1.82, 2.24) is 10.2 Å². The maximum Gasteiger partial charge on any atom is 0.324 e. The molecule has 0 aromatic rings. The molecule has 4 heteroatoms. The van der Waals surface area contributed by atoms with E-state index in [2.05, 4.69) is 10.2 Å². The van der Waals surface area contributed by atoms with E-state index in [1.165, 1.54) is 19.3 Å². The highest BCUT2D eigenvalue weighted by molar-refractivity contribution is 5.78. The molecule has 1 heterocycles. The minimum absolute atomic E-state index is 0.441. The molecule has 0 aromatic heterocycles. The Morgan fingerprint density at radius 3 is 2.65 bits per heavy atom. The number of fused-ring (bicyclic) bond motifs is 2. The molecule has 96 valence electrons. The first-order valence-electron chi connectivity index (χ1n) is 6.82. The van der Waals surface area contributed by atoms with Crippen LogP contribution in [0.25, 0.3) is 0 Å². The number of likely N-dealkylation sites (tertiary alicyclic amines) is 1. The van der Waals surface area contributed by atoms with Crippen LogP contribution in [0.1, 0.15) is 39.0 Å². The van der Waals surface area contributed by atoms with Crippen LogP contribution in [0, 0.1) is 5.92 Å². The van der Waals surface area contributed by atoms with Crippen LogP contribution < -0.4 is 5.32 Å². The summed E-state index contributed by atoms with van der Waals surface area (Å²) in [5.41, 5.74) is -0.758. The van der Waals surface area contributed by atoms with Gasteiger partial charge in [0, 0.05) is 25.2 Å². The molecule has 0 radical (unpaired) electrons. The largest absolute Gasteiger partial charge is 0.480 e. The van der Waals surface area contributed by atoms with E-state index in [0.29, 0.717) is 18.6 Å². The van der Waals surface area contributed by atoms with Crippen LogP contribution >= 0.6 is 0 Å². The predicted molar refractivity (Wildman–Crippen MR) is 64.9 cm³/mol. The molecule has 3 aliphatic rings. The molecule has 1 saturated heterocycles. The zero-order valence-corrected chi connectivity index (χ0v) is 10.5. The summed E-state index contributed by atoms with van der Waals surface area (Å²) in [4.78, 5) is 13.9. The van der Waals surface area contributed by atoms with Crippen molar-refractivity contribution < 1.29 is 9.90 Å². The van der Waals surface area contributed by atoms with Crippen LogP contribution in [0.5, 0.6) is 0 Å². The van der Waals surface area contributed by atoms with E-state index in [0.717, 1.165) is 25.3 Å². The maximum atomic E-state index is 11.5. The first-order valence-corrected chi connectivity index (χ1v) is 6.82. The van der Waals surface area contributed by atoms with Crippen LogP contribution in [-0.4, -0.2) is 46.7 Å². The lowest BCUT2D eigenvalue weighted by atomic mass is 10.00. The molecule has 2 aliphatic carbocycles. The van der Waals surface area contributed by atoms with Gasteiger partial charge >= 0.3 is 5.97 Å². The number of rotatable bonds is 5. The van der Waals surface area contributed by atoms with Gasteiger partial charge in [0.05, 0.1) is 0 Å². The monoisotopic (exact) mass is 238 g/mol. The fourth-order valence-corrected chi connectivity index (χ4v) is 3.48. The second kappa shape index (κ2) is 3.95. The number of carboxylic acid groups (broad SMARTS) is 1. The Kier molecular flexibility index (Phi) is 2.67. The van der Waals surface area contributed by atoms with Crippen molar-refractivity contribution in [2.75, 3.05) is 13.1 Å². The summed E-state index contributed by atoms with van der Waals surface area (Å²) in [5.74, 6) is 0.131. The number of hydrogen-bond acceptors (Lipinski definition) is 3. The standard InChI is InChI=1S/C13H22N2O2/c1-13(12(16)17,14-10-3-4-10)8-15-7-9-2-5-11(15)6-9/h9-11,14H,2-8H2,1H3,(H,16,17). The SMILES string of the molecule is CC(CN1CC2CCC1C2)(NC1CC1)C(=O)O. The van der Waals surface area contributed by atoms with E-state index in [-0.39, 0.29) is 0 Å². The quantitative estimate of drug-likeness (QED) is 0.752. The van der Waals surface area contributed by atoms with Gasteiger partial charge in [-0.05, 0) is 44.9 Å². The summed E-state index contributed by atoms with van der Waals surface area (Å²) >= 11 is 0. The smallest absolute Gasteiger partial charge is 0.324 e. The van der Waals surface area contributed by atoms with Crippen LogP contribution in [0.4, 0.5) is 0 Å². The van der Waals surface area contributed by atoms with Gasteiger partial charge in [0.2, 0.25) is 0 Å². The lowest BCUT2D eigenvalue weighted by Gasteiger charge is -2.35. The lowest BCUT2D eigenvalue weighted by molar-refractivity contribution is -0.145. The third kappa shape index (κ3) is 2.20. The molecule has 3 rings (SSSR count). The normalized spacial score (nSPS) is 36.1. The van der Waals surface area contributed by atoms with Gasteiger partial charge in [0.1, 0.15) is 5.54 Å². The van der Waals surface area contributed by atoms with Gasteiger partial charge in [0.25, 0.3) is 0 Å². The van der Waals surface area contributed by atoms with Gasteiger partial charge in [-0.2, -0.15) is 0 Å². The number of nitrogens with one attached hydrogen (secondary N) is 1. The number of nitrogens with zero attached hydrogens (tertiary/aromatic N) is 1. The molecule has 0 aromatic carbocycles. The highest BCUT2D eigenvalue weighted by Gasteiger charge is 2.45. The van der Waals surface area contributed by atoms with E-state index in [1.54, 1.807) is 0 Å². The zero-order valence-electron chi connectivity index (χ0n) is 10.5. The summed E-state index contributed by atoms with van der Waals surface area (Å²) in [5, 5.41) is 12.8. The predicted octanol–water partition coefficient (Wildman–Crippen LogP) is 1.07. The Hall–Kier alpha value is -0.610. The summed E-state index contributed by atoms with van der Waals surface area (Å²) in [6.07, 6.45) is 6.17. The number of carboxylic acids is 1. The zero-order chi connectivity index (χ0) is 12.0. The van der Waals surface area contributed by atoms with E-state index in [4.69, 9.17) is 0 Å².